The summed E-state index contributed by atoms with van der Waals surface area (Å²) in [6.45, 7) is 4.90. The molecule has 4 saturated carbocycles. The minimum Gasteiger partial charge on any atom is -0.390 e. The van der Waals surface area contributed by atoms with Crippen molar-refractivity contribution in [3.63, 3.8) is 0 Å². The highest BCUT2D eigenvalue weighted by Crippen LogP contribution is 2.57. The fourth-order valence-corrected chi connectivity index (χ4v) is 7.22. The largest absolute Gasteiger partial charge is 0.390 e. The Morgan fingerprint density at radius 2 is 1.80 bits per heavy atom. The fraction of sp³-hybridized carbons (Fsp3) is 0.538. The second kappa shape index (κ2) is 7.98. The summed E-state index contributed by atoms with van der Waals surface area (Å²) in [5.41, 5.74) is 0.708. The first kappa shape index (κ1) is 23.7. The van der Waals surface area contributed by atoms with E-state index in [0.29, 0.717) is 40.8 Å². The minimum absolute atomic E-state index is 0.155. The summed E-state index contributed by atoms with van der Waals surface area (Å²) >= 11 is 0. The highest BCUT2D eigenvalue weighted by Gasteiger charge is 2.58. The summed E-state index contributed by atoms with van der Waals surface area (Å²) in [5.74, 6) is -1.74. The zero-order valence-corrected chi connectivity index (χ0v) is 20.5. The molecule has 9 heteroatoms. The maximum absolute atomic E-state index is 13.5. The van der Waals surface area contributed by atoms with Crippen molar-refractivity contribution in [3.05, 3.63) is 46.3 Å². The van der Waals surface area contributed by atoms with Crippen LogP contribution >= 0.6 is 0 Å². The van der Waals surface area contributed by atoms with E-state index in [2.05, 4.69) is 15.6 Å². The molecule has 0 radical (unpaired) electrons. The van der Waals surface area contributed by atoms with Crippen molar-refractivity contribution in [2.45, 2.75) is 70.4 Å². The van der Waals surface area contributed by atoms with Gasteiger partial charge in [-0.2, -0.15) is 4.39 Å². The number of Topliss-reactive ketones (excluding diaryl/α,β-unsaturated/α-hetero) is 1. The van der Waals surface area contributed by atoms with E-state index in [1.54, 1.807) is 32.4 Å². The van der Waals surface area contributed by atoms with Gasteiger partial charge in [-0.05, 0) is 82.8 Å². The van der Waals surface area contributed by atoms with Crippen molar-refractivity contribution < 1.29 is 23.9 Å². The summed E-state index contributed by atoms with van der Waals surface area (Å²) in [7, 11) is 1.65. The van der Waals surface area contributed by atoms with Gasteiger partial charge in [-0.15, -0.1) is 0 Å². The number of nitrogens with zero attached hydrogens (tertiary/aromatic N) is 2. The molecular formula is C26H31FN4O4. The number of aliphatic hydroxyl groups is 1. The molecule has 2 aromatic rings. The molecule has 2 aromatic heterocycles. The Kier molecular flexibility index (Phi) is 5.39. The molecule has 2 unspecified atom stereocenters. The van der Waals surface area contributed by atoms with Crippen molar-refractivity contribution in [1.29, 1.82) is 0 Å². The third kappa shape index (κ3) is 3.95. The van der Waals surface area contributed by atoms with Crippen LogP contribution in [0, 0.1) is 38.6 Å². The van der Waals surface area contributed by atoms with E-state index in [0.717, 1.165) is 32.1 Å². The number of halogens is 1. The summed E-state index contributed by atoms with van der Waals surface area (Å²) in [6.07, 6.45) is 5.90. The lowest BCUT2D eigenvalue weighted by Gasteiger charge is -2.60. The topological polar surface area (TPSA) is 113 Å². The maximum Gasteiger partial charge on any atom is 0.294 e. The number of aryl methyl sites for hydroxylation is 1. The normalized spacial score (nSPS) is 28.7. The second-order valence-corrected chi connectivity index (χ2v) is 11.0. The van der Waals surface area contributed by atoms with Gasteiger partial charge in [0.2, 0.25) is 5.95 Å². The average Bonchev–Trinajstić information content (AvgIpc) is 2.96. The zero-order valence-electron chi connectivity index (χ0n) is 20.5. The number of hydrogen-bond donors (Lipinski definition) is 3. The number of aromatic nitrogens is 2. The molecule has 35 heavy (non-hydrogen) atoms. The smallest absolute Gasteiger partial charge is 0.294 e. The number of amides is 2. The molecular weight excluding hydrogens is 451 g/mol. The van der Waals surface area contributed by atoms with Crippen LogP contribution in [0.15, 0.2) is 12.3 Å². The third-order valence-corrected chi connectivity index (χ3v) is 8.26. The SMILES string of the molecule is Cc1cc(NC(=O)c2c(C)c(C(=O)C(=O)NC34C[C@@H]5C[C@@H](CC(O)(C5)C3)C4)n(C)c2C)cnc1F. The van der Waals surface area contributed by atoms with Gasteiger partial charge in [0.1, 0.15) is 0 Å². The Hall–Kier alpha value is -3.07. The monoisotopic (exact) mass is 482 g/mol. The van der Waals surface area contributed by atoms with Gasteiger partial charge in [0.05, 0.1) is 28.7 Å². The molecule has 4 fully saturated rings. The molecule has 4 aliphatic carbocycles. The Morgan fingerprint density at radius 3 is 2.40 bits per heavy atom. The lowest BCUT2D eigenvalue weighted by molar-refractivity contribution is -0.149. The number of ketones is 1. The summed E-state index contributed by atoms with van der Waals surface area (Å²) in [4.78, 5) is 43.2. The van der Waals surface area contributed by atoms with Gasteiger partial charge in [0, 0.05) is 23.8 Å². The lowest BCUT2D eigenvalue weighted by Crippen LogP contribution is -2.66. The second-order valence-electron chi connectivity index (χ2n) is 11.0. The highest BCUT2D eigenvalue weighted by atomic mass is 19.1. The number of hydrogen-bond acceptors (Lipinski definition) is 5. The number of nitrogens with one attached hydrogen (secondary N) is 2. The lowest BCUT2D eigenvalue weighted by atomic mass is 9.51. The number of carbonyl (C=O) groups is 3. The number of rotatable bonds is 5. The predicted molar refractivity (Wildman–Crippen MR) is 127 cm³/mol. The Morgan fingerprint density at radius 1 is 1.14 bits per heavy atom. The molecule has 186 valence electrons. The van der Waals surface area contributed by atoms with Crippen LogP contribution in [0.5, 0.6) is 0 Å². The van der Waals surface area contributed by atoms with Crippen LogP contribution < -0.4 is 10.6 Å². The first-order valence-electron chi connectivity index (χ1n) is 12.1. The van der Waals surface area contributed by atoms with E-state index in [9.17, 15) is 23.9 Å². The van der Waals surface area contributed by atoms with E-state index in [1.165, 1.54) is 12.3 Å². The van der Waals surface area contributed by atoms with Crippen molar-refractivity contribution in [3.8, 4) is 0 Å². The van der Waals surface area contributed by atoms with Gasteiger partial charge in [0.25, 0.3) is 17.6 Å². The van der Waals surface area contributed by atoms with E-state index < -0.39 is 34.7 Å². The molecule has 0 spiro atoms. The molecule has 2 heterocycles. The molecule has 6 rings (SSSR count). The first-order valence-corrected chi connectivity index (χ1v) is 12.1. The Labute approximate surface area is 203 Å². The van der Waals surface area contributed by atoms with Crippen molar-refractivity contribution in [2.75, 3.05) is 5.32 Å². The quantitative estimate of drug-likeness (QED) is 0.344. The predicted octanol–water partition coefficient (Wildman–Crippen LogP) is 3.12. The van der Waals surface area contributed by atoms with E-state index in [-0.39, 0.29) is 11.3 Å². The van der Waals surface area contributed by atoms with Crippen LogP contribution in [-0.2, 0) is 11.8 Å². The Bertz CT molecular complexity index is 1250. The maximum atomic E-state index is 13.5. The van der Waals surface area contributed by atoms with Gasteiger partial charge in [-0.25, -0.2) is 4.98 Å². The van der Waals surface area contributed by atoms with E-state index in [1.807, 2.05) is 0 Å². The molecule has 0 saturated heterocycles. The molecule has 2 amide bonds. The van der Waals surface area contributed by atoms with Gasteiger partial charge < -0.3 is 20.3 Å². The zero-order chi connectivity index (χ0) is 25.3. The average molecular weight is 483 g/mol. The summed E-state index contributed by atoms with van der Waals surface area (Å²) in [5, 5.41) is 16.7. The summed E-state index contributed by atoms with van der Waals surface area (Å²) in [6, 6.07) is 1.48. The van der Waals surface area contributed by atoms with Crippen LogP contribution in [-0.4, -0.2) is 43.4 Å². The highest BCUT2D eigenvalue weighted by molar-refractivity contribution is 6.43. The molecule has 3 N–H and O–H groups in total. The van der Waals surface area contributed by atoms with Crippen LogP contribution in [0.25, 0.3) is 0 Å². The van der Waals surface area contributed by atoms with Crippen molar-refractivity contribution in [1.82, 2.24) is 14.9 Å². The van der Waals surface area contributed by atoms with Crippen LogP contribution in [0.1, 0.15) is 76.2 Å². The number of carbonyl (C=O) groups excluding carboxylic acids is 3. The molecule has 0 aliphatic heterocycles. The van der Waals surface area contributed by atoms with Crippen LogP contribution in [0.4, 0.5) is 10.1 Å². The van der Waals surface area contributed by atoms with Gasteiger partial charge >= 0.3 is 0 Å². The Balaban J connectivity index is 1.38. The molecule has 4 bridgehead atoms. The molecule has 4 atom stereocenters. The van der Waals surface area contributed by atoms with Gasteiger partial charge in [-0.1, -0.05) is 0 Å². The van der Waals surface area contributed by atoms with Gasteiger partial charge in [0.15, 0.2) is 0 Å². The number of anilines is 1. The summed E-state index contributed by atoms with van der Waals surface area (Å²) < 4.78 is 15.0. The van der Waals surface area contributed by atoms with E-state index >= 15 is 0 Å². The third-order valence-electron chi connectivity index (χ3n) is 8.26. The minimum atomic E-state index is -0.753. The van der Waals surface area contributed by atoms with Crippen LogP contribution in [0.2, 0.25) is 0 Å². The molecule has 4 aliphatic rings. The molecule has 8 nitrogen and oxygen atoms in total. The van der Waals surface area contributed by atoms with Crippen molar-refractivity contribution in [2.24, 2.45) is 18.9 Å². The van der Waals surface area contributed by atoms with Crippen LogP contribution in [0.3, 0.4) is 0 Å². The van der Waals surface area contributed by atoms with Gasteiger partial charge in [-0.3, -0.25) is 14.4 Å². The molecule has 0 aromatic carbocycles. The number of pyridine rings is 1. The first-order chi connectivity index (χ1) is 16.4. The van der Waals surface area contributed by atoms with E-state index in [4.69, 9.17) is 0 Å². The fourth-order valence-electron chi connectivity index (χ4n) is 7.22. The standard InChI is InChI=1S/C26H31FN4O4/c1-13-5-18(11-28-22(13)27)29-23(33)19-14(2)20(31(4)15(19)3)21(32)24(34)30-25-7-16-6-17(8-25)10-26(35,9-16)12-25/h5,11,16-17,35H,6-10,12H2,1-4H3,(H,29,33)(H,30,34)/t16-,17+,25?,26?. The van der Waals surface area contributed by atoms with Crippen molar-refractivity contribution >= 4 is 23.3 Å².